The van der Waals surface area contributed by atoms with Crippen LogP contribution in [-0.4, -0.2) is 33.9 Å². The normalized spacial score (nSPS) is 18.0. The van der Waals surface area contributed by atoms with Crippen LogP contribution >= 0.6 is 11.3 Å². The molecule has 2 aromatic heterocycles. The number of anilines is 2. The van der Waals surface area contributed by atoms with Gasteiger partial charge < -0.3 is 10.2 Å². The van der Waals surface area contributed by atoms with Gasteiger partial charge in [0, 0.05) is 42.7 Å². The third-order valence-corrected chi connectivity index (χ3v) is 4.67. The van der Waals surface area contributed by atoms with Gasteiger partial charge in [0.1, 0.15) is 0 Å². The molecule has 1 N–H and O–H groups in total. The summed E-state index contributed by atoms with van der Waals surface area (Å²) in [5.41, 5.74) is 3.04. The van der Waals surface area contributed by atoms with E-state index < -0.39 is 0 Å². The van der Waals surface area contributed by atoms with Crippen LogP contribution in [0.5, 0.6) is 0 Å². The Morgan fingerprint density at radius 3 is 2.74 bits per heavy atom. The lowest BCUT2D eigenvalue weighted by Crippen LogP contribution is -2.35. The second kappa shape index (κ2) is 6.62. The van der Waals surface area contributed by atoms with Gasteiger partial charge in [0.25, 0.3) is 0 Å². The molecule has 0 aromatic carbocycles. The maximum atomic E-state index is 11.1. The van der Waals surface area contributed by atoms with E-state index in [4.69, 9.17) is 0 Å². The Morgan fingerprint density at radius 2 is 2.04 bits per heavy atom. The van der Waals surface area contributed by atoms with E-state index in [2.05, 4.69) is 25.2 Å². The second-order valence-corrected chi connectivity index (χ2v) is 6.85. The third-order valence-electron chi connectivity index (χ3n) is 3.90. The van der Waals surface area contributed by atoms with Crippen molar-refractivity contribution in [3.05, 3.63) is 28.5 Å². The predicted molar refractivity (Wildman–Crippen MR) is 92.1 cm³/mol. The number of carbonyl (C=O) groups is 1. The summed E-state index contributed by atoms with van der Waals surface area (Å²) < 4.78 is 0. The molecule has 23 heavy (non-hydrogen) atoms. The highest BCUT2D eigenvalue weighted by molar-refractivity contribution is 7.13. The molecular weight excluding hydrogens is 310 g/mol. The van der Waals surface area contributed by atoms with E-state index >= 15 is 0 Å². The minimum atomic E-state index is -0.0835. The van der Waals surface area contributed by atoms with Gasteiger partial charge in [-0.05, 0) is 32.8 Å². The number of carbonyl (C=O) groups excluding carboxylic acids is 1. The molecule has 1 amide bonds. The number of thiazole rings is 1. The van der Waals surface area contributed by atoms with Gasteiger partial charge in [-0.3, -0.25) is 4.79 Å². The van der Waals surface area contributed by atoms with E-state index in [1.54, 1.807) is 0 Å². The standard InChI is InChI=1S/C16H21N5OS/c1-10-7-11(2)18-15(17-10)21-6-4-5-13(8-21)14-9-23-16(20-14)19-12(3)22/h7,9,13H,4-6,8H2,1-3H3,(H,19,20,22). The summed E-state index contributed by atoms with van der Waals surface area (Å²) in [6.07, 6.45) is 2.19. The number of aromatic nitrogens is 3. The molecule has 1 atom stereocenters. The van der Waals surface area contributed by atoms with Crippen LogP contribution < -0.4 is 10.2 Å². The molecule has 0 spiro atoms. The first-order valence-electron chi connectivity index (χ1n) is 7.81. The Bertz CT molecular complexity index is 694. The minimum Gasteiger partial charge on any atom is -0.340 e. The zero-order valence-corrected chi connectivity index (χ0v) is 14.5. The molecule has 7 heteroatoms. The third kappa shape index (κ3) is 3.85. The number of nitrogens with zero attached hydrogens (tertiary/aromatic N) is 4. The highest BCUT2D eigenvalue weighted by Gasteiger charge is 2.25. The van der Waals surface area contributed by atoms with Crippen molar-refractivity contribution in [2.45, 2.75) is 39.5 Å². The summed E-state index contributed by atoms with van der Waals surface area (Å²) in [6, 6.07) is 1.99. The van der Waals surface area contributed by atoms with Gasteiger partial charge in [0.15, 0.2) is 5.13 Å². The van der Waals surface area contributed by atoms with Crippen molar-refractivity contribution in [3.63, 3.8) is 0 Å². The van der Waals surface area contributed by atoms with Gasteiger partial charge in [-0.2, -0.15) is 0 Å². The maximum absolute atomic E-state index is 11.1. The Labute approximate surface area is 140 Å². The van der Waals surface area contributed by atoms with Gasteiger partial charge in [-0.25, -0.2) is 15.0 Å². The zero-order valence-electron chi connectivity index (χ0n) is 13.7. The summed E-state index contributed by atoms with van der Waals surface area (Å²) in [5.74, 6) is 1.08. The molecule has 1 aliphatic rings. The Kier molecular flexibility index (Phi) is 4.56. The molecule has 1 unspecified atom stereocenters. The average molecular weight is 331 g/mol. The topological polar surface area (TPSA) is 71.0 Å². The summed E-state index contributed by atoms with van der Waals surface area (Å²) in [5, 5.41) is 5.47. The number of piperidine rings is 1. The van der Waals surface area contributed by atoms with Crippen molar-refractivity contribution in [3.8, 4) is 0 Å². The van der Waals surface area contributed by atoms with Crippen molar-refractivity contribution < 1.29 is 4.79 Å². The molecule has 1 aliphatic heterocycles. The highest BCUT2D eigenvalue weighted by atomic mass is 32.1. The Morgan fingerprint density at radius 1 is 1.30 bits per heavy atom. The van der Waals surface area contributed by atoms with Crippen LogP contribution in [0.25, 0.3) is 0 Å². The fourth-order valence-electron chi connectivity index (χ4n) is 2.93. The number of amides is 1. The SMILES string of the molecule is CC(=O)Nc1nc(C2CCCN(c3nc(C)cc(C)n3)C2)cs1. The fraction of sp³-hybridized carbons (Fsp3) is 0.500. The average Bonchev–Trinajstić information content (AvgIpc) is 2.94. The first kappa shape index (κ1) is 15.9. The molecular formula is C16H21N5OS. The van der Waals surface area contributed by atoms with E-state index in [0.717, 1.165) is 49.0 Å². The quantitative estimate of drug-likeness (QED) is 0.936. The van der Waals surface area contributed by atoms with Crippen LogP contribution in [0.1, 0.15) is 42.8 Å². The molecule has 0 saturated carbocycles. The molecule has 6 nitrogen and oxygen atoms in total. The lowest BCUT2D eigenvalue weighted by atomic mass is 9.96. The molecule has 2 aromatic rings. The molecule has 3 heterocycles. The first-order valence-corrected chi connectivity index (χ1v) is 8.69. The minimum absolute atomic E-state index is 0.0835. The highest BCUT2D eigenvalue weighted by Crippen LogP contribution is 2.30. The number of rotatable bonds is 3. The number of aryl methyl sites for hydroxylation is 2. The van der Waals surface area contributed by atoms with Crippen molar-refractivity contribution in [2.24, 2.45) is 0 Å². The number of hydrogen-bond donors (Lipinski definition) is 1. The number of hydrogen-bond acceptors (Lipinski definition) is 6. The molecule has 3 rings (SSSR count). The molecule has 0 aliphatic carbocycles. The summed E-state index contributed by atoms with van der Waals surface area (Å²) in [4.78, 5) is 27.1. The Balaban J connectivity index is 1.75. The van der Waals surface area contributed by atoms with Gasteiger partial charge in [0.2, 0.25) is 11.9 Å². The maximum Gasteiger partial charge on any atom is 0.225 e. The lowest BCUT2D eigenvalue weighted by Gasteiger charge is -2.32. The van der Waals surface area contributed by atoms with Crippen LogP contribution in [0.2, 0.25) is 0 Å². The van der Waals surface area contributed by atoms with E-state index in [1.807, 2.05) is 25.3 Å². The van der Waals surface area contributed by atoms with Crippen LogP contribution in [0.4, 0.5) is 11.1 Å². The van der Waals surface area contributed by atoms with E-state index in [9.17, 15) is 4.79 Å². The van der Waals surface area contributed by atoms with Crippen molar-refractivity contribution >= 4 is 28.3 Å². The molecule has 122 valence electrons. The smallest absolute Gasteiger partial charge is 0.225 e. The molecule has 1 saturated heterocycles. The van der Waals surface area contributed by atoms with Crippen molar-refractivity contribution in [2.75, 3.05) is 23.3 Å². The number of nitrogens with one attached hydrogen (secondary N) is 1. The summed E-state index contributed by atoms with van der Waals surface area (Å²) in [7, 11) is 0. The predicted octanol–water partition coefficient (Wildman–Crippen LogP) is 2.89. The van der Waals surface area contributed by atoms with Gasteiger partial charge in [-0.1, -0.05) is 0 Å². The summed E-state index contributed by atoms with van der Waals surface area (Å²) >= 11 is 1.48. The van der Waals surface area contributed by atoms with Gasteiger partial charge in [0.05, 0.1) is 5.69 Å². The van der Waals surface area contributed by atoms with Crippen LogP contribution in [0.3, 0.4) is 0 Å². The van der Waals surface area contributed by atoms with E-state index in [-0.39, 0.29) is 5.91 Å². The first-order chi connectivity index (χ1) is 11.0. The van der Waals surface area contributed by atoms with Gasteiger partial charge in [-0.15, -0.1) is 11.3 Å². The van der Waals surface area contributed by atoms with Crippen molar-refractivity contribution in [1.29, 1.82) is 0 Å². The Hall–Kier alpha value is -2.02. The van der Waals surface area contributed by atoms with E-state index in [1.165, 1.54) is 18.3 Å². The van der Waals surface area contributed by atoms with E-state index in [0.29, 0.717) is 11.0 Å². The zero-order chi connectivity index (χ0) is 16.4. The van der Waals surface area contributed by atoms with Crippen LogP contribution in [-0.2, 0) is 4.79 Å². The molecule has 0 bridgehead atoms. The fourth-order valence-corrected chi connectivity index (χ4v) is 3.77. The monoisotopic (exact) mass is 331 g/mol. The molecule has 1 fully saturated rings. The lowest BCUT2D eigenvalue weighted by molar-refractivity contribution is -0.114. The van der Waals surface area contributed by atoms with Crippen molar-refractivity contribution in [1.82, 2.24) is 15.0 Å². The second-order valence-electron chi connectivity index (χ2n) is 5.99. The van der Waals surface area contributed by atoms with Crippen LogP contribution in [0, 0.1) is 13.8 Å². The summed E-state index contributed by atoms with van der Waals surface area (Å²) in [6.45, 7) is 7.34. The van der Waals surface area contributed by atoms with Crippen LogP contribution in [0.15, 0.2) is 11.4 Å². The molecule has 0 radical (unpaired) electrons. The van der Waals surface area contributed by atoms with Gasteiger partial charge >= 0.3 is 0 Å². The largest absolute Gasteiger partial charge is 0.340 e.